The molecular weight excluding hydrogens is 110 g/mol. The Kier molecular flexibility index (Phi) is 2.95. The lowest BCUT2D eigenvalue weighted by molar-refractivity contribution is 0.154. The molecule has 0 fully saturated rings. The summed E-state index contributed by atoms with van der Waals surface area (Å²) >= 11 is 0. The minimum Gasteiger partial charge on any atom is -0.251 e. The van der Waals surface area contributed by atoms with Gasteiger partial charge in [0.05, 0.1) is 6.67 Å². The predicted molar refractivity (Wildman–Crippen MR) is 30.4 cm³/mol. The van der Waals surface area contributed by atoms with Gasteiger partial charge >= 0.3 is 0 Å². The van der Waals surface area contributed by atoms with E-state index in [9.17, 15) is 8.78 Å². The van der Waals surface area contributed by atoms with Crippen LogP contribution in [0.5, 0.6) is 0 Å². The fraction of sp³-hybridized carbons (Fsp3) is 1.00. The number of hydrogen-bond acceptors (Lipinski definition) is 0. The highest BCUT2D eigenvalue weighted by Gasteiger charge is 2.18. The summed E-state index contributed by atoms with van der Waals surface area (Å²) in [5.74, 6) is 0. The summed E-state index contributed by atoms with van der Waals surface area (Å²) in [6.45, 7) is 2.59. The smallest absolute Gasteiger partial charge is 0.110 e. The first-order chi connectivity index (χ1) is 3.62. The zero-order valence-corrected chi connectivity index (χ0v) is 5.38. The van der Waals surface area contributed by atoms with Gasteiger partial charge in [0, 0.05) is 6.42 Å². The maximum absolute atomic E-state index is 12.6. The average molecular weight is 122 g/mol. The maximum atomic E-state index is 12.6. The summed E-state index contributed by atoms with van der Waals surface area (Å²) in [7, 11) is 0. The van der Waals surface area contributed by atoms with Crippen LogP contribution >= 0.6 is 0 Å². The van der Waals surface area contributed by atoms with Crippen molar-refractivity contribution in [3.63, 3.8) is 0 Å². The molecule has 0 aliphatic heterocycles. The fourth-order valence-corrected chi connectivity index (χ4v) is 0.374. The molecule has 0 saturated heterocycles. The van der Waals surface area contributed by atoms with Crippen molar-refractivity contribution < 1.29 is 8.78 Å². The Hall–Kier alpha value is -0.140. The van der Waals surface area contributed by atoms with Gasteiger partial charge in [-0.25, -0.2) is 4.39 Å². The molecule has 0 N–H and O–H groups in total. The Morgan fingerprint density at radius 1 is 1.50 bits per heavy atom. The topological polar surface area (TPSA) is 0 Å². The van der Waals surface area contributed by atoms with E-state index in [4.69, 9.17) is 0 Å². The molecule has 1 unspecified atom stereocenters. The van der Waals surface area contributed by atoms with E-state index in [-0.39, 0.29) is 6.42 Å². The molecule has 0 rings (SSSR count). The predicted octanol–water partition coefficient (Wildman–Crippen LogP) is 2.48. The Labute approximate surface area is 48.9 Å². The van der Waals surface area contributed by atoms with Crippen LogP contribution < -0.4 is 0 Å². The molecule has 50 valence electrons. The summed E-state index contributed by atoms with van der Waals surface area (Å²) in [6, 6.07) is 0. The normalized spacial score (nSPS) is 18.0. The first-order valence-electron chi connectivity index (χ1n) is 2.87. The summed E-state index contributed by atoms with van der Waals surface area (Å²) in [5.41, 5.74) is -1.28. The fourth-order valence-electron chi connectivity index (χ4n) is 0.374. The first kappa shape index (κ1) is 7.86. The van der Waals surface area contributed by atoms with E-state index in [1.807, 2.05) is 0 Å². The van der Waals surface area contributed by atoms with Crippen molar-refractivity contribution in [2.75, 3.05) is 6.67 Å². The van der Waals surface area contributed by atoms with Gasteiger partial charge in [0.15, 0.2) is 0 Å². The van der Waals surface area contributed by atoms with E-state index in [0.717, 1.165) is 0 Å². The monoisotopic (exact) mass is 122 g/mol. The summed E-state index contributed by atoms with van der Waals surface area (Å²) in [6.07, 6.45) is 0.431. The van der Waals surface area contributed by atoms with Gasteiger partial charge < -0.3 is 0 Å². The van der Waals surface area contributed by atoms with Gasteiger partial charge in [0.2, 0.25) is 0 Å². The second-order valence-corrected chi connectivity index (χ2v) is 2.21. The van der Waals surface area contributed by atoms with Crippen molar-refractivity contribution in [3.05, 3.63) is 0 Å². The summed E-state index contributed by atoms with van der Waals surface area (Å²) < 4.78 is 24.0. The van der Waals surface area contributed by atoms with Crippen LogP contribution in [0.2, 0.25) is 0 Å². The summed E-state index contributed by atoms with van der Waals surface area (Å²) in [5, 5.41) is 0. The molecule has 1 atom stereocenters. The second-order valence-electron chi connectivity index (χ2n) is 2.21. The van der Waals surface area contributed by atoms with Crippen molar-refractivity contribution >= 4 is 0 Å². The quantitative estimate of drug-likeness (QED) is 0.539. The van der Waals surface area contributed by atoms with Gasteiger partial charge in [-0.15, -0.1) is 0 Å². The average Bonchev–Trinajstić information content (AvgIpc) is 1.67. The Morgan fingerprint density at radius 3 is 2.12 bits per heavy atom. The van der Waals surface area contributed by atoms with E-state index in [1.54, 1.807) is 6.92 Å². The van der Waals surface area contributed by atoms with Crippen LogP contribution in [0.15, 0.2) is 0 Å². The van der Waals surface area contributed by atoms with Crippen LogP contribution in [-0.2, 0) is 0 Å². The lowest BCUT2D eigenvalue weighted by atomic mass is 10.0. The van der Waals surface area contributed by atoms with Crippen LogP contribution in [-0.4, -0.2) is 12.3 Å². The van der Waals surface area contributed by atoms with Crippen LogP contribution in [0.4, 0.5) is 8.78 Å². The van der Waals surface area contributed by atoms with Gasteiger partial charge in [-0.05, 0) is 13.3 Å². The molecule has 0 radical (unpaired) electrons. The highest BCUT2D eigenvalue weighted by atomic mass is 19.1. The largest absolute Gasteiger partial charge is 0.251 e. The van der Waals surface area contributed by atoms with Crippen molar-refractivity contribution in [3.8, 4) is 0 Å². The van der Waals surface area contributed by atoms with Crippen molar-refractivity contribution in [2.45, 2.75) is 32.4 Å². The zero-order chi connectivity index (χ0) is 6.62. The molecule has 0 saturated carbocycles. The molecule has 0 aliphatic carbocycles. The second kappa shape index (κ2) is 3.00. The van der Waals surface area contributed by atoms with Gasteiger partial charge in [-0.3, -0.25) is 4.39 Å². The first-order valence-corrected chi connectivity index (χ1v) is 2.87. The van der Waals surface area contributed by atoms with Crippen LogP contribution in [0, 0.1) is 0 Å². The van der Waals surface area contributed by atoms with Crippen LogP contribution in [0.1, 0.15) is 26.7 Å². The lowest BCUT2D eigenvalue weighted by Gasteiger charge is -2.14. The molecule has 0 aromatic rings. The molecule has 0 bridgehead atoms. The van der Waals surface area contributed by atoms with Crippen LogP contribution in [0.25, 0.3) is 0 Å². The van der Waals surface area contributed by atoms with Gasteiger partial charge in [-0.1, -0.05) is 6.92 Å². The van der Waals surface area contributed by atoms with Crippen molar-refractivity contribution in [1.29, 1.82) is 0 Å². The lowest BCUT2D eigenvalue weighted by Crippen LogP contribution is -2.16. The molecule has 0 heterocycles. The third-order valence-corrected chi connectivity index (χ3v) is 1.35. The molecule has 8 heavy (non-hydrogen) atoms. The highest BCUT2D eigenvalue weighted by molar-refractivity contribution is 4.69. The Balaban J connectivity index is 3.37. The van der Waals surface area contributed by atoms with E-state index >= 15 is 0 Å². The van der Waals surface area contributed by atoms with E-state index in [0.29, 0.717) is 6.42 Å². The molecule has 0 aliphatic rings. The maximum Gasteiger partial charge on any atom is 0.110 e. The molecule has 0 spiro atoms. The van der Waals surface area contributed by atoms with Gasteiger partial charge in [0.1, 0.15) is 5.67 Å². The SMILES string of the molecule is CCC(C)(F)CCF. The van der Waals surface area contributed by atoms with Gasteiger partial charge in [-0.2, -0.15) is 0 Å². The Morgan fingerprint density at radius 2 is 2.00 bits per heavy atom. The third kappa shape index (κ3) is 2.94. The number of alkyl halides is 2. The standard InChI is InChI=1S/C6H12F2/c1-3-6(2,8)4-5-7/h3-5H2,1-2H3. The van der Waals surface area contributed by atoms with Crippen molar-refractivity contribution in [1.82, 2.24) is 0 Å². The molecular formula is C6H12F2. The molecule has 0 aromatic carbocycles. The third-order valence-electron chi connectivity index (χ3n) is 1.35. The van der Waals surface area contributed by atoms with E-state index < -0.39 is 12.3 Å². The zero-order valence-electron chi connectivity index (χ0n) is 5.38. The van der Waals surface area contributed by atoms with Gasteiger partial charge in [0.25, 0.3) is 0 Å². The van der Waals surface area contributed by atoms with Crippen molar-refractivity contribution in [2.24, 2.45) is 0 Å². The molecule has 0 amide bonds. The van der Waals surface area contributed by atoms with E-state index in [2.05, 4.69) is 0 Å². The van der Waals surface area contributed by atoms with Crippen LogP contribution in [0.3, 0.4) is 0 Å². The van der Waals surface area contributed by atoms with E-state index in [1.165, 1.54) is 6.92 Å². The summed E-state index contributed by atoms with van der Waals surface area (Å²) in [4.78, 5) is 0. The number of halogens is 2. The number of rotatable bonds is 3. The molecule has 0 aromatic heterocycles. The molecule has 0 nitrogen and oxygen atoms in total. The number of hydrogen-bond donors (Lipinski definition) is 0. The molecule has 2 heteroatoms. The highest BCUT2D eigenvalue weighted by Crippen LogP contribution is 2.18. The minimum atomic E-state index is -1.28. The Bertz CT molecular complexity index is 59.5. The minimum absolute atomic E-state index is 0.0312.